The van der Waals surface area contributed by atoms with Crippen LogP contribution in [0.1, 0.15) is 67.8 Å². The maximum atomic E-state index is 14.0. The fourth-order valence-corrected chi connectivity index (χ4v) is 6.93. The summed E-state index contributed by atoms with van der Waals surface area (Å²) in [5.74, 6) is -0.865. The average Bonchev–Trinajstić information content (AvgIpc) is 3.82. The average molecular weight is 716 g/mol. The van der Waals surface area contributed by atoms with Gasteiger partial charge in [0, 0.05) is 17.7 Å². The van der Waals surface area contributed by atoms with Crippen molar-refractivity contribution in [3.05, 3.63) is 82.8 Å². The first kappa shape index (κ1) is 36.3. The Kier molecular flexibility index (Phi) is 9.83. The van der Waals surface area contributed by atoms with Gasteiger partial charge in [-0.25, -0.2) is 9.97 Å². The number of oxazole rings is 2. The molecule has 5 heterocycles. The number of fused-ring (bicyclic) bond motifs is 4. The molecule has 2 aromatic heterocycles. The van der Waals surface area contributed by atoms with Crippen LogP contribution in [0.25, 0.3) is 11.6 Å². The molecule has 15 nitrogen and oxygen atoms in total. The van der Waals surface area contributed by atoms with E-state index in [4.69, 9.17) is 23.4 Å². The maximum absolute atomic E-state index is 14.0. The molecule has 2 amide bonds. The van der Waals surface area contributed by atoms with E-state index in [1.807, 2.05) is 50.2 Å². The number of hydrogen-bond acceptors (Lipinski definition) is 12. The number of aliphatic hydroxyl groups is 1. The van der Waals surface area contributed by atoms with Gasteiger partial charge < -0.3 is 48.9 Å². The fourth-order valence-electron chi connectivity index (χ4n) is 6.64. The van der Waals surface area contributed by atoms with Crippen molar-refractivity contribution in [2.75, 3.05) is 5.32 Å². The summed E-state index contributed by atoms with van der Waals surface area (Å²) in [5, 5.41) is 19.7. The maximum Gasteiger partial charge on any atom is 1.00 e. The number of anilines is 1. The van der Waals surface area contributed by atoms with Crippen molar-refractivity contribution >= 4 is 25.3 Å². The molecule has 4 bridgehead atoms. The smallest absolute Gasteiger partial charge is 0.756 e. The number of benzene rings is 2. The van der Waals surface area contributed by atoms with Gasteiger partial charge in [0.05, 0.1) is 0 Å². The number of aliphatic hydroxyl groups excluding tert-OH is 1. The van der Waals surface area contributed by atoms with Gasteiger partial charge in [-0.3, -0.25) is 14.2 Å². The largest absolute Gasteiger partial charge is 1.00 e. The molecular weight excluding hydrogens is 680 g/mol. The van der Waals surface area contributed by atoms with E-state index in [9.17, 15) is 24.2 Å². The summed E-state index contributed by atoms with van der Waals surface area (Å²) >= 11 is 0. The molecule has 2 unspecified atom stereocenters. The second kappa shape index (κ2) is 13.5. The summed E-state index contributed by atoms with van der Waals surface area (Å²) in [7, 11) is -5.04. The first-order valence-electron chi connectivity index (χ1n) is 15.9. The molecule has 17 heteroatoms. The molecule has 7 rings (SSSR count). The number of nitrogens with one attached hydrogen (secondary N) is 3. The molecule has 0 radical (unpaired) electrons. The van der Waals surface area contributed by atoms with E-state index in [0.29, 0.717) is 22.6 Å². The minimum Gasteiger partial charge on any atom is -0.756 e. The monoisotopic (exact) mass is 715 g/mol. The van der Waals surface area contributed by atoms with E-state index < -0.39 is 56.1 Å². The fraction of sp³-hybridized carbons (Fsp3) is 0.394. The summed E-state index contributed by atoms with van der Waals surface area (Å²) in [6.45, 7) is 6.58. The molecule has 0 saturated carbocycles. The van der Waals surface area contributed by atoms with Crippen LogP contribution < -0.4 is 55.1 Å². The van der Waals surface area contributed by atoms with E-state index in [-0.39, 0.29) is 71.0 Å². The Labute approximate surface area is 309 Å². The van der Waals surface area contributed by atoms with E-state index >= 15 is 0 Å². The summed E-state index contributed by atoms with van der Waals surface area (Å²) in [4.78, 5) is 56.7. The van der Waals surface area contributed by atoms with Gasteiger partial charge in [-0.15, -0.1) is 0 Å². The normalized spacial score (nSPS) is 23.6. The summed E-state index contributed by atoms with van der Waals surface area (Å²) < 4.78 is 34.9. The van der Waals surface area contributed by atoms with Gasteiger partial charge >= 0.3 is 29.6 Å². The molecule has 1 spiro atoms. The minimum absolute atomic E-state index is 0. The molecule has 0 fully saturated rings. The second-order valence-corrected chi connectivity index (χ2v) is 14.3. The second-order valence-electron chi connectivity index (χ2n) is 13.1. The molecule has 258 valence electrons. The van der Waals surface area contributed by atoms with Crippen LogP contribution in [0.2, 0.25) is 0 Å². The number of carbonyl (C=O) groups is 2. The van der Waals surface area contributed by atoms with Crippen LogP contribution in [0.3, 0.4) is 0 Å². The zero-order valence-corrected chi connectivity index (χ0v) is 30.9. The van der Waals surface area contributed by atoms with Crippen LogP contribution in [-0.4, -0.2) is 50.2 Å². The number of hydrogen-bond donors (Lipinski definition) is 5. The summed E-state index contributed by atoms with van der Waals surface area (Å²) in [5.41, 5.74) is 2.09. The topological polar surface area (TPSA) is 221 Å². The van der Waals surface area contributed by atoms with Crippen molar-refractivity contribution in [1.29, 1.82) is 0 Å². The van der Waals surface area contributed by atoms with Crippen molar-refractivity contribution in [1.82, 2.24) is 20.6 Å². The number of amides is 2. The Morgan fingerprint density at radius 2 is 1.92 bits per heavy atom. The third-order valence-electron chi connectivity index (χ3n) is 9.08. The molecule has 0 saturated heterocycles. The molecule has 6 atom stereocenters. The number of carbonyl (C=O) groups excluding carboxylic acids is 2. The standard InChI is InChI=1S/C33H36N5O10P.Na/c1-15(2)24-31-38-25(30-34-18(13-45-30)14-46-49(42,43)44)27(48-31)33-19-7-5-6-8-21(19)36-32(33)47-23-10-9-17(11-20(23)33)12-22(28(40)37-24)35-29(41)26(39)16(3)4;/h5-11,13,15-16,22,24,26,32,36,39H,12,14H2,1-4H3,(H,35,41)(H,37,40)(H2,42,43,44);/q;+1/p-1/t22-,24-,26-,32+,33?;/m0./s1. The number of phosphoric ester groups is 1. The van der Waals surface area contributed by atoms with Crippen LogP contribution in [0.4, 0.5) is 5.69 Å². The minimum atomic E-state index is -5.04. The predicted octanol–water partition coefficient (Wildman–Crippen LogP) is -0.340. The van der Waals surface area contributed by atoms with Gasteiger partial charge in [0.2, 0.25) is 23.6 Å². The summed E-state index contributed by atoms with van der Waals surface area (Å²) in [6.07, 6.45) is -0.739. The Morgan fingerprint density at radius 1 is 1.16 bits per heavy atom. The molecule has 5 N–H and O–H groups in total. The number of aromatic nitrogens is 2. The SMILES string of the molecule is CC(C)[C@H](O)C(=O)N[C@H]1Cc2ccc3c(c2)C2(c4ccccc4N[C@@H]2O3)c2oc(nc2-c2nc(COP(=O)([O-])O)co2)[C@H](C(C)C)NC1=O.[Na+]. The molecule has 50 heavy (non-hydrogen) atoms. The van der Waals surface area contributed by atoms with Gasteiger partial charge in [0.1, 0.15) is 47.9 Å². The number of ether oxygens (including phenoxy) is 1. The number of para-hydroxylation sites is 1. The van der Waals surface area contributed by atoms with Gasteiger partial charge in [-0.2, -0.15) is 0 Å². The molecule has 3 aliphatic rings. The zero-order chi connectivity index (χ0) is 34.8. The van der Waals surface area contributed by atoms with Crippen molar-refractivity contribution in [2.24, 2.45) is 11.8 Å². The quantitative estimate of drug-likeness (QED) is 0.117. The number of nitrogens with zero attached hydrogens (tertiary/aromatic N) is 2. The molecule has 3 aliphatic heterocycles. The third kappa shape index (κ3) is 6.30. The van der Waals surface area contributed by atoms with Crippen molar-refractivity contribution in [2.45, 2.75) is 70.6 Å². The third-order valence-corrected chi connectivity index (χ3v) is 9.54. The molecular formula is C33H35N5NaO10P. The summed E-state index contributed by atoms with van der Waals surface area (Å²) in [6, 6.07) is 11.3. The van der Waals surface area contributed by atoms with Crippen LogP contribution in [0.15, 0.2) is 57.6 Å². The van der Waals surface area contributed by atoms with Crippen LogP contribution in [-0.2, 0) is 37.1 Å². The van der Waals surface area contributed by atoms with E-state index in [1.165, 1.54) is 6.26 Å². The Morgan fingerprint density at radius 3 is 2.64 bits per heavy atom. The van der Waals surface area contributed by atoms with Crippen LogP contribution >= 0.6 is 7.82 Å². The number of phosphoric acid groups is 1. The van der Waals surface area contributed by atoms with Crippen LogP contribution in [0, 0.1) is 11.8 Å². The predicted molar refractivity (Wildman–Crippen MR) is 170 cm³/mol. The Hall–Kier alpha value is -3.53. The van der Waals surface area contributed by atoms with Crippen molar-refractivity contribution < 1.29 is 76.7 Å². The molecule has 0 aliphatic carbocycles. The van der Waals surface area contributed by atoms with Crippen molar-refractivity contribution in [3.8, 4) is 17.3 Å². The van der Waals surface area contributed by atoms with E-state index in [0.717, 1.165) is 11.3 Å². The number of rotatable bonds is 8. The Bertz CT molecular complexity index is 1990. The van der Waals surface area contributed by atoms with Gasteiger partial charge in [0.25, 0.3) is 7.82 Å². The molecule has 2 aromatic carbocycles. The molecule has 4 aromatic rings. The van der Waals surface area contributed by atoms with Gasteiger partial charge in [0.15, 0.2) is 17.7 Å². The Balaban J connectivity index is 0.00000432. The van der Waals surface area contributed by atoms with Crippen molar-refractivity contribution in [3.63, 3.8) is 0 Å². The first-order valence-corrected chi connectivity index (χ1v) is 17.3. The first-order chi connectivity index (χ1) is 23.3. The van der Waals surface area contributed by atoms with Crippen LogP contribution in [0.5, 0.6) is 5.75 Å². The van der Waals surface area contributed by atoms with Gasteiger partial charge in [-0.1, -0.05) is 58.0 Å². The van der Waals surface area contributed by atoms with Gasteiger partial charge in [-0.05, 0) is 35.1 Å². The van der Waals surface area contributed by atoms with E-state index in [1.54, 1.807) is 19.9 Å². The zero-order valence-electron chi connectivity index (χ0n) is 28.0. The van der Waals surface area contributed by atoms with E-state index in [2.05, 4.69) is 25.5 Å².